The largest absolute Gasteiger partial charge is 0.442 e. The summed E-state index contributed by atoms with van der Waals surface area (Å²) < 4.78 is 8.81. The Morgan fingerprint density at radius 3 is 2.60 bits per heavy atom. The molecule has 0 fully saturated rings. The molecule has 0 spiro atoms. The van der Waals surface area contributed by atoms with E-state index in [9.17, 15) is 5.26 Å². The molecule has 0 atom stereocenters. The van der Waals surface area contributed by atoms with E-state index in [-0.39, 0.29) is 0 Å². The summed E-state index contributed by atoms with van der Waals surface area (Å²) in [6, 6.07) is 12.3. The lowest BCUT2D eigenvalue weighted by molar-refractivity contribution is 0.542. The fourth-order valence-corrected chi connectivity index (χ4v) is 3.34. The molecule has 0 unspecified atom stereocenters. The van der Waals surface area contributed by atoms with Crippen LogP contribution in [-0.2, 0) is 0 Å². The molecule has 0 aliphatic carbocycles. The predicted molar refractivity (Wildman–Crippen MR) is 103 cm³/mol. The number of aromatic nitrogens is 1. The zero-order valence-corrected chi connectivity index (χ0v) is 16.2. The Bertz CT molecular complexity index is 1020. The lowest BCUT2D eigenvalue weighted by atomic mass is 10.2. The van der Waals surface area contributed by atoms with Crippen LogP contribution >= 0.6 is 15.9 Å². The summed E-state index contributed by atoms with van der Waals surface area (Å²) >= 11 is 3.61. The SMILES string of the molecule is Cc1oc(N=Cc2cc(C)n(-c3ccccc3Br)c2C)c(C#N)c1C. The van der Waals surface area contributed by atoms with Crippen LogP contribution < -0.4 is 0 Å². The fraction of sp³-hybridized carbons (Fsp3) is 0.200. The molecule has 1 aromatic carbocycles. The highest BCUT2D eigenvalue weighted by Gasteiger charge is 2.14. The van der Waals surface area contributed by atoms with E-state index in [0.29, 0.717) is 11.4 Å². The number of furan rings is 1. The van der Waals surface area contributed by atoms with Crippen LogP contribution in [0, 0.1) is 39.0 Å². The number of rotatable bonds is 3. The van der Waals surface area contributed by atoms with Crippen LogP contribution in [0.5, 0.6) is 0 Å². The van der Waals surface area contributed by atoms with Gasteiger partial charge in [-0.25, -0.2) is 4.99 Å². The van der Waals surface area contributed by atoms with Crippen LogP contribution in [0.4, 0.5) is 5.88 Å². The number of nitriles is 1. The first kappa shape index (κ1) is 17.2. The quantitative estimate of drug-likeness (QED) is 0.534. The minimum absolute atomic E-state index is 0.364. The van der Waals surface area contributed by atoms with Crippen LogP contribution in [0.15, 0.2) is 44.2 Å². The minimum Gasteiger partial charge on any atom is -0.442 e. The van der Waals surface area contributed by atoms with Crippen molar-refractivity contribution < 1.29 is 4.42 Å². The van der Waals surface area contributed by atoms with Crippen molar-refractivity contribution in [1.29, 1.82) is 5.26 Å². The first-order chi connectivity index (χ1) is 11.9. The number of hydrogen-bond donors (Lipinski definition) is 0. The highest BCUT2D eigenvalue weighted by atomic mass is 79.9. The molecule has 2 heterocycles. The van der Waals surface area contributed by atoms with E-state index < -0.39 is 0 Å². The van der Waals surface area contributed by atoms with Gasteiger partial charge in [0.05, 0.1) is 5.69 Å². The van der Waals surface area contributed by atoms with E-state index in [1.165, 1.54) is 0 Å². The molecule has 0 aliphatic heterocycles. The van der Waals surface area contributed by atoms with Crippen molar-refractivity contribution in [1.82, 2.24) is 4.57 Å². The van der Waals surface area contributed by atoms with Crippen molar-refractivity contribution in [3.05, 3.63) is 68.6 Å². The molecule has 126 valence electrons. The van der Waals surface area contributed by atoms with Gasteiger partial charge in [0, 0.05) is 33.2 Å². The topological polar surface area (TPSA) is 54.2 Å². The zero-order valence-electron chi connectivity index (χ0n) is 14.6. The number of aryl methyl sites for hydroxylation is 2. The smallest absolute Gasteiger partial charge is 0.237 e. The van der Waals surface area contributed by atoms with Crippen LogP contribution in [0.3, 0.4) is 0 Å². The third kappa shape index (κ3) is 3.06. The van der Waals surface area contributed by atoms with E-state index in [1.54, 1.807) is 6.21 Å². The molecule has 0 aliphatic rings. The van der Waals surface area contributed by atoms with Gasteiger partial charge in [-0.2, -0.15) is 5.26 Å². The van der Waals surface area contributed by atoms with Gasteiger partial charge < -0.3 is 8.98 Å². The maximum absolute atomic E-state index is 9.30. The summed E-state index contributed by atoms with van der Waals surface area (Å²) in [7, 11) is 0. The van der Waals surface area contributed by atoms with Gasteiger partial charge in [0.15, 0.2) is 0 Å². The Kier molecular flexibility index (Phi) is 4.65. The molecule has 0 saturated carbocycles. The van der Waals surface area contributed by atoms with E-state index in [0.717, 1.165) is 38.4 Å². The molecule has 3 aromatic rings. The van der Waals surface area contributed by atoms with Gasteiger partial charge in [0.25, 0.3) is 0 Å². The molecule has 2 aromatic heterocycles. The van der Waals surface area contributed by atoms with Gasteiger partial charge in [-0.3, -0.25) is 0 Å². The molecule has 0 radical (unpaired) electrons. The van der Waals surface area contributed by atoms with E-state index in [2.05, 4.69) is 57.5 Å². The van der Waals surface area contributed by atoms with Gasteiger partial charge in [0.2, 0.25) is 5.88 Å². The molecule has 4 nitrogen and oxygen atoms in total. The average molecular weight is 396 g/mol. The second-order valence-electron chi connectivity index (χ2n) is 5.95. The van der Waals surface area contributed by atoms with Crippen LogP contribution in [0.1, 0.15) is 33.8 Å². The standard InChI is InChI=1S/C20H18BrN3O/c1-12-9-16(11-23-20-17(10-22)13(2)15(4)25-20)14(3)24(12)19-8-6-5-7-18(19)21/h5-9,11H,1-4H3. The Hall–Kier alpha value is -2.58. The number of halogens is 1. The third-order valence-corrected chi connectivity index (χ3v) is 5.03. The molecular formula is C20H18BrN3O. The maximum atomic E-state index is 9.30. The molecule has 5 heteroatoms. The van der Waals surface area contributed by atoms with Crippen molar-refractivity contribution in [3.63, 3.8) is 0 Å². The number of aliphatic imine (C=N–C) groups is 1. The van der Waals surface area contributed by atoms with Crippen LogP contribution in [0.2, 0.25) is 0 Å². The van der Waals surface area contributed by atoms with Gasteiger partial charge >= 0.3 is 0 Å². The van der Waals surface area contributed by atoms with E-state index >= 15 is 0 Å². The summed E-state index contributed by atoms with van der Waals surface area (Å²) in [6.07, 6.45) is 1.76. The fourth-order valence-electron chi connectivity index (χ4n) is 2.88. The highest BCUT2D eigenvalue weighted by Crippen LogP contribution is 2.29. The van der Waals surface area contributed by atoms with Gasteiger partial charge in [-0.1, -0.05) is 12.1 Å². The second kappa shape index (κ2) is 6.73. The Morgan fingerprint density at radius 2 is 1.92 bits per heavy atom. The maximum Gasteiger partial charge on any atom is 0.237 e. The number of hydrogen-bond acceptors (Lipinski definition) is 3. The van der Waals surface area contributed by atoms with Crippen molar-refractivity contribution in [2.24, 2.45) is 4.99 Å². The monoisotopic (exact) mass is 395 g/mol. The second-order valence-corrected chi connectivity index (χ2v) is 6.80. The van der Waals surface area contributed by atoms with Gasteiger partial charge in [-0.15, -0.1) is 0 Å². The molecule has 0 saturated heterocycles. The van der Waals surface area contributed by atoms with Crippen molar-refractivity contribution in [2.75, 3.05) is 0 Å². The molecule has 0 bridgehead atoms. The zero-order chi connectivity index (χ0) is 18.1. The first-order valence-electron chi connectivity index (χ1n) is 7.92. The van der Waals surface area contributed by atoms with E-state index in [1.807, 2.05) is 32.0 Å². The minimum atomic E-state index is 0.364. The van der Waals surface area contributed by atoms with Crippen LogP contribution in [0.25, 0.3) is 5.69 Å². The molecule has 25 heavy (non-hydrogen) atoms. The summed E-state index contributed by atoms with van der Waals surface area (Å²) in [5.74, 6) is 1.09. The van der Waals surface area contributed by atoms with Crippen LogP contribution in [-0.4, -0.2) is 10.8 Å². The first-order valence-corrected chi connectivity index (χ1v) is 8.71. The van der Waals surface area contributed by atoms with Crippen molar-refractivity contribution >= 4 is 28.0 Å². The van der Waals surface area contributed by atoms with Crippen molar-refractivity contribution in [2.45, 2.75) is 27.7 Å². The van der Waals surface area contributed by atoms with Gasteiger partial charge in [0.1, 0.15) is 17.4 Å². The molecule has 0 amide bonds. The lowest BCUT2D eigenvalue weighted by Crippen LogP contribution is -2.00. The molecule has 0 N–H and O–H groups in total. The Balaban J connectivity index is 2.04. The van der Waals surface area contributed by atoms with Gasteiger partial charge in [-0.05, 0) is 61.8 Å². The Morgan fingerprint density at radius 1 is 1.20 bits per heavy atom. The summed E-state index contributed by atoms with van der Waals surface area (Å²) in [5.41, 5.74) is 5.59. The predicted octanol–water partition coefficient (Wildman–Crippen LogP) is 5.69. The number of para-hydroxylation sites is 1. The average Bonchev–Trinajstić information content (AvgIpc) is 3.02. The summed E-state index contributed by atoms with van der Waals surface area (Å²) in [4.78, 5) is 4.42. The number of nitrogens with zero attached hydrogens (tertiary/aromatic N) is 3. The summed E-state index contributed by atoms with van der Waals surface area (Å²) in [5, 5.41) is 9.30. The number of benzene rings is 1. The molecular weight excluding hydrogens is 378 g/mol. The third-order valence-electron chi connectivity index (χ3n) is 4.36. The normalized spacial score (nSPS) is 11.2. The molecule has 3 rings (SSSR count). The highest BCUT2D eigenvalue weighted by molar-refractivity contribution is 9.10. The van der Waals surface area contributed by atoms with Crippen molar-refractivity contribution in [3.8, 4) is 11.8 Å². The summed E-state index contributed by atoms with van der Waals surface area (Å²) in [6.45, 7) is 7.83. The van der Waals surface area contributed by atoms with E-state index in [4.69, 9.17) is 4.42 Å². The Labute approximate surface area is 155 Å². The lowest BCUT2D eigenvalue weighted by Gasteiger charge is -2.11.